The first-order chi connectivity index (χ1) is 8.63. The summed E-state index contributed by atoms with van der Waals surface area (Å²) in [5.74, 6) is -0.142. The van der Waals surface area contributed by atoms with Crippen molar-refractivity contribution in [3.8, 4) is 0 Å². The van der Waals surface area contributed by atoms with Gasteiger partial charge in [0.05, 0.1) is 6.61 Å². The highest BCUT2D eigenvalue weighted by Gasteiger charge is 2.01. The molecule has 4 nitrogen and oxygen atoms in total. The number of carbonyl (C=O) groups excluding carboxylic acids is 1. The van der Waals surface area contributed by atoms with Gasteiger partial charge in [0, 0.05) is 29.7 Å². The van der Waals surface area contributed by atoms with Crippen LogP contribution in [0, 0.1) is 0 Å². The molecule has 0 amide bonds. The second-order valence-electron chi connectivity index (χ2n) is 3.99. The van der Waals surface area contributed by atoms with Crippen molar-refractivity contribution in [2.75, 3.05) is 6.61 Å². The van der Waals surface area contributed by atoms with Crippen molar-refractivity contribution >= 4 is 21.9 Å². The lowest BCUT2D eigenvalue weighted by molar-refractivity contribution is -0.143. The molecule has 0 saturated heterocycles. The number of unbranched alkanes of at least 4 members (excludes halogenated alkanes) is 2. The summed E-state index contributed by atoms with van der Waals surface area (Å²) < 4.78 is 7.41. The number of carbonyl (C=O) groups is 1. The molecule has 0 fully saturated rings. The van der Waals surface area contributed by atoms with E-state index in [0.29, 0.717) is 19.6 Å². The van der Waals surface area contributed by atoms with Gasteiger partial charge in [0.25, 0.3) is 5.56 Å². The average molecular weight is 316 g/mol. The zero-order valence-corrected chi connectivity index (χ0v) is 12.1. The minimum atomic E-state index is -0.142. The smallest absolute Gasteiger partial charge is 0.305 e. The number of aryl methyl sites for hydroxylation is 1. The van der Waals surface area contributed by atoms with Crippen LogP contribution >= 0.6 is 15.9 Å². The lowest BCUT2D eigenvalue weighted by Gasteiger charge is -2.05. The molecule has 0 spiro atoms. The maximum Gasteiger partial charge on any atom is 0.305 e. The molecule has 0 unspecified atom stereocenters. The van der Waals surface area contributed by atoms with Crippen molar-refractivity contribution in [1.82, 2.24) is 4.57 Å². The molecule has 0 saturated carbocycles. The lowest BCUT2D eigenvalue weighted by Crippen LogP contribution is -2.18. The van der Waals surface area contributed by atoms with Gasteiger partial charge in [-0.25, -0.2) is 0 Å². The van der Waals surface area contributed by atoms with Crippen molar-refractivity contribution in [3.05, 3.63) is 33.2 Å². The fourth-order valence-corrected chi connectivity index (χ4v) is 2.02. The summed E-state index contributed by atoms with van der Waals surface area (Å²) in [5, 5.41) is 0. The van der Waals surface area contributed by atoms with E-state index in [9.17, 15) is 9.59 Å². The van der Waals surface area contributed by atoms with Gasteiger partial charge in [-0.2, -0.15) is 0 Å². The molecular weight excluding hydrogens is 298 g/mol. The third-order valence-corrected chi connectivity index (χ3v) is 3.00. The molecule has 1 aromatic rings. The summed E-state index contributed by atoms with van der Waals surface area (Å²) in [7, 11) is 0. The van der Waals surface area contributed by atoms with Crippen molar-refractivity contribution < 1.29 is 9.53 Å². The van der Waals surface area contributed by atoms with Crippen LogP contribution in [0.15, 0.2) is 27.6 Å². The number of halogens is 1. The summed E-state index contributed by atoms with van der Waals surface area (Å²) in [6, 6.07) is 3.28. The van der Waals surface area contributed by atoms with Crippen molar-refractivity contribution in [2.24, 2.45) is 0 Å². The fourth-order valence-electron chi connectivity index (χ4n) is 1.64. The predicted molar refractivity (Wildman–Crippen MR) is 73.5 cm³/mol. The first-order valence-corrected chi connectivity index (χ1v) is 6.94. The van der Waals surface area contributed by atoms with Gasteiger partial charge in [-0.15, -0.1) is 0 Å². The molecule has 0 atom stereocenters. The van der Waals surface area contributed by atoms with Crippen molar-refractivity contribution in [1.29, 1.82) is 0 Å². The number of aromatic nitrogens is 1. The van der Waals surface area contributed by atoms with E-state index >= 15 is 0 Å². The van der Waals surface area contributed by atoms with Crippen LogP contribution in [0.3, 0.4) is 0 Å². The standard InChI is InChI=1S/C13H18BrNO3/c1-2-18-13(17)6-4-3-5-9-15-10-11(14)7-8-12(15)16/h7-8,10H,2-6,9H2,1H3. The minimum absolute atomic E-state index is 0.00333. The molecule has 1 rings (SSSR count). The molecule has 0 aliphatic heterocycles. The summed E-state index contributed by atoms with van der Waals surface area (Å²) in [6.45, 7) is 2.92. The fraction of sp³-hybridized carbons (Fsp3) is 0.538. The molecule has 0 aliphatic carbocycles. The van der Waals surface area contributed by atoms with Gasteiger partial charge in [-0.3, -0.25) is 9.59 Å². The number of ether oxygens (including phenoxy) is 1. The van der Waals surface area contributed by atoms with Crippen molar-refractivity contribution in [2.45, 2.75) is 39.2 Å². The summed E-state index contributed by atoms with van der Waals surface area (Å²) >= 11 is 3.33. The van der Waals surface area contributed by atoms with Crippen LogP contribution in [0.25, 0.3) is 0 Å². The number of pyridine rings is 1. The van der Waals surface area contributed by atoms with E-state index in [0.717, 1.165) is 23.7 Å². The molecule has 1 heterocycles. The first kappa shape index (κ1) is 15.0. The molecule has 100 valence electrons. The van der Waals surface area contributed by atoms with Gasteiger partial charge in [0.2, 0.25) is 0 Å². The van der Waals surface area contributed by atoms with Gasteiger partial charge in [0.1, 0.15) is 0 Å². The van der Waals surface area contributed by atoms with Crippen LogP contribution in [-0.4, -0.2) is 17.1 Å². The van der Waals surface area contributed by atoms with Gasteiger partial charge in [-0.05, 0) is 41.8 Å². The summed E-state index contributed by atoms with van der Waals surface area (Å²) in [5.41, 5.74) is 0.00333. The lowest BCUT2D eigenvalue weighted by atomic mass is 10.2. The van der Waals surface area contributed by atoms with E-state index in [1.165, 1.54) is 0 Å². The Kier molecular flexibility index (Phi) is 6.72. The van der Waals surface area contributed by atoms with Crippen LogP contribution in [0.1, 0.15) is 32.6 Å². The highest BCUT2D eigenvalue weighted by Crippen LogP contribution is 2.07. The number of rotatable bonds is 7. The SMILES string of the molecule is CCOC(=O)CCCCCn1cc(Br)ccc1=O. The highest BCUT2D eigenvalue weighted by atomic mass is 79.9. The van der Waals surface area contributed by atoms with Crippen LogP contribution in [0.2, 0.25) is 0 Å². The maximum absolute atomic E-state index is 11.5. The van der Waals surface area contributed by atoms with Crippen molar-refractivity contribution in [3.63, 3.8) is 0 Å². The Morgan fingerprint density at radius 2 is 2.11 bits per heavy atom. The zero-order chi connectivity index (χ0) is 13.4. The van der Waals surface area contributed by atoms with E-state index in [2.05, 4.69) is 15.9 Å². The molecule has 0 bridgehead atoms. The number of hydrogen-bond donors (Lipinski definition) is 0. The topological polar surface area (TPSA) is 48.3 Å². The van der Waals surface area contributed by atoms with Gasteiger partial charge < -0.3 is 9.30 Å². The Hall–Kier alpha value is -1.10. The quantitative estimate of drug-likeness (QED) is 0.574. The summed E-state index contributed by atoms with van der Waals surface area (Å²) in [4.78, 5) is 22.6. The summed E-state index contributed by atoms with van der Waals surface area (Å²) in [6.07, 6.45) is 4.85. The van der Waals surface area contributed by atoms with Crippen LogP contribution in [0.4, 0.5) is 0 Å². The molecular formula is C13H18BrNO3. The minimum Gasteiger partial charge on any atom is -0.466 e. The van der Waals surface area contributed by atoms with E-state index in [4.69, 9.17) is 4.74 Å². The molecule has 5 heteroatoms. The van der Waals surface area contributed by atoms with E-state index in [1.807, 2.05) is 0 Å². The Morgan fingerprint density at radius 3 is 2.83 bits per heavy atom. The second-order valence-corrected chi connectivity index (χ2v) is 4.91. The maximum atomic E-state index is 11.5. The van der Waals surface area contributed by atoms with Gasteiger partial charge in [-0.1, -0.05) is 6.42 Å². The average Bonchev–Trinajstić information content (AvgIpc) is 2.33. The Labute approximate surface area is 115 Å². The first-order valence-electron chi connectivity index (χ1n) is 6.15. The monoisotopic (exact) mass is 315 g/mol. The largest absolute Gasteiger partial charge is 0.466 e. The molecule has 1 aromatic heterocycles. The Bertz CT molecular complexity index is 442. The normalized spacial score (nSPS) is 10.3. The molecule has 0 radical (unpaired) electrons. The Balaban J connectivity index is 2.24. The van der Waals surface area contributed by atoms with E-state index in [-0.39, 0.29) is 11.5 Å². The molecule has 18 heavy (non-hydrogen) atoms. The molecule has 0 N–H and O–H groups in total. The zero-order valence-electron chi connectivity index (χ0n) is 10.5. The van der Waals surface area contributed by atoms with E-state index < -0.39 is 0 Å². The molecule has 0 aromatic carbocycles. The molecule has 0 aliphatic rings. The van der Waals surface area contributed by atoms with Crippen LogP contribution < -0.4 is 5.56 Å². The predicted octanol–water partition coefficient (Wildman–Crippen LogP) is 2.73. The number of esters is 1. The van der Waals surface area contributed by atoms with Crippen LogP contribution in [0.5, 0.6) is 0 Å². The van der Waals surface area contributed by atoms with E-state index in [1.54, 1.807) is 29.8 Å². The number of hydrogen-bond acceptors (Lipinski definition) is 3. The third kappa shape index (κ3) is 5.49. The Morgan fingerprint density at radius 1 is 1.33 bits per heavy atom. The number of nitrogens with zero attached hydrogens (tertiary/aromatic N) is 1. The van der Waals surface area contributed by atoms with Gasteiger partial charge >= 0.3 is 5.97 Å². The second kappa shape index (κ2) is 8.08. The highest BCUT2D eigenvalue weighted by molar-refractivity contribution is 9.10. The van der Waals surface area contributed by atoms with Crippen LogP contribution in [-0.2, 0) is 16.1 Å². The third-order valence-electron chi connectivity index (χ3n) is 2.53. The van der Waals surface area contributed by atoms with Gasteiger partial charge in [0.15, 0.2) is 0 Å².